The first-order valence-corrected chi connectivity index (χ1v) is 8.67. The van der Waals surface area contributed by atoms with Gasteiger partial charge in [0.1, 0.15) is 5.82 Å². The minimum atomic E-state index is -4.41. The van der Waals surface area contributed by atoms with Crippen LogP contribution in [0.25, 0.3) is 0 Å². The number of halogens is 3. The zero-order valence-corrected chi connectivity index (χ0v) is 14.9. The average molecular weight is 389 g/mol. The number of aromatic nitrogens is 1. The van der Waals surface area contributed by atoms with Gasteiger partial charge in [-0.15, -0.1) is 0 Å². The van der Waals surface area contributed by atoms with Gasteiger partial charge in [0.15, 0.2) is 0 Å². The Kier molecular flexibility index (Phi) is 6.16. The maximum Gasteiger partial charge on any atom is 0.416 e. The molecular formula is C20H18F3N3O2. The summed E-state index contributed by atoms with van der Waals surface area (Å²) in [5.41, 5.74) is -0.0985. The van der Waals surface area contributed by atoms with Crippen molar-refractivity contribution in [1.82, 2.24) is 10.3 Å². The molecule has 1 fully saturated rings. The van der Waals surface area contributed by atoms with Crippen molar-refractivity contribution in [3.63, 3.8) is 0 Å². The number of alkyl halides is 3. The van der Waals surface area contributed by atoms with Crippen LogP contribution in [-0.2, 0) is 10.9 Å². The van der Waals surface area contributed by atoms with Crippen LogP contribution >= 0.6 is 0 Å². The first-order chi connectivity index (χ1) is 13.4. The van der Waals surface area contributed by atoms with Crippen LogP contribution in [0.5, 0.6) is 0 Å². The minimum Gasteiger partial charge on any atom is -0.378 e. The van der Waals surface area contributed by atoms with Gasteiger partial charge in [0.05, 0.1) is 30.9 Å². The van der Waals surface area contributed by atoms with Gasteiger partial charge in [-0.05, 0) is 30.3 Å². The number of nitrogens with one attached hydrogen (secondary N) is 1. The number of amides is 1. The van der Waals surface area contributed by atoms with Crippen LogP contribution in [0.2, 0.25) is 0 Å². The lowest BCUT2D eigenvalue weighted by Gasteiger charge is -2.29. The molecule has 2 heterocycles. The molecule has 1 aliphatic rings. The second kappa shape index (κ2) is 8.76. The fourth-order valence-electron chi connectivity index (χ4n) is 2.74. The highest BCUT2D eigenvalue weighted by Crippen LogP contribution is 2.29. The van der Waals surface area contributed by atoms with Gasteiger partial charge >= 0.3 is 6.18 Å². The molecule has 1 aromatic carbocycles. The number of nitrogens with zero attached hydrogens (tertiary/aromatic N) is 2. The van der Waals surface area contributed by atoms with Gasteiger partial charge in [0.25, 0.3) is 5.91 Å². The van der Waals surface area contributed by atoms with Gasteiger partial charge in [-0.1, -0.05) is 17.9 Å². The Morgan fingerprint density at radius 2 is 2.00 bits per heavy atom. The molecule has 0 bridgehead atoms. The van der Waals surface area contributed by atoms with Crippen molar-refractivity contribution in [3.05, 3.63) is 59.3 Å². The van der Waals surface area contributed by atoms with E-state index in [1.807, 2.05) is 4.90 Å². The third-order valence-corrected chi connectivity index (χ3v) is 4.10. The highest BCUT2D eigenvalue weighted by Gasteiger charge is 2.30. The Balaban J connectivity index is 1.64. The maximum atomic E-state index is 12.7. The van der Waals surface area contributed by atoms with E-state index >= 15 is 0 Å². The Labute approximate surface area is 160 Å². The normalized spacial score (nSPS) is 14.2. The number of benzene rings is 1. The molecule has 0 unspecified atom stereocenters. The zero-order chi connectivity index (χ0) is 20.0. The summed E-state index contributed by atoms with van der Waals surface area (Å²) in [6.07, 6.45) is -2.79. The van der Waals surface area contributed by atoms with E-state index < -0.39 is 11.7 Å². The first-order valence-electron chi connectivity index (χ1n) is 8.67. The van der Waals surface area contributed by atoms with Gasteiger partial charge < -0.3 is 15.0 Å². The minimum absolute atomic E-state index is 0.00647. The SMILES string of the molecule is O=C(NCC#Cc1cccc(C(F)(F)F)c1)c1cccnc1N1CCOCC1. The molecule has 0 atom stereocenters. The average Bonchev–Trinajstić information content (AvgIpc) is 2.71. The molecule has 0 saturated carbocycles. The standard InChI is InChI=1S/C20H18F3N3O2/c21-20(22,23)16-6-1-4-15(14-16)5-2-9-25-19(27)17-7-3-8-24-18(17)26-10-12-28-13-11-26/h1,3-4,6-8,14H,9-13H2,(H,25,27). The molecule has 0 spiro atoms. The summed E-state index contributed by atoms with van der Waals surface area (Å²) in [5.74, 6) is 5.55. The highest BCUT2D eigenvalue weighted by atomic mass is 19.4. The van der Waals surface area contributed by atoms with Gasteiger partial charge in [-0.2, -0.15) is 13.2 Å². The molecule has 2 aromatic rings. The third kappa shape index (κ3) is 5.02. The number of carbonyl (C=O) groups is 1. The fourth-order valence-corrected chi connectivity index (χ4v) is 2.74. The van der Waals surface area contributed by atoms with E-state index in [0.717, 1.165) is 12.1 Å². The predicted octanol–water partition coefficient (Wildman–Crippen LogP) is 2.72. The summed E-state index contributed by atoms with van der Waals surface area (Å²) in [7, 11) is 0. The van der Waals surface area contributed by atoms with Crippen LogP contribution in [0.1, 0.15) is 21.5 Å². The molecule has 8 heteroatoms. The van der Waals surface area contributed by atoms with E-state index in [1.165, 1.54) is 12.1 Å². The smallest absolute Gasteiger partial charge is 0.378 e. The molecule has 5 nitrogen and oxygen atoms in total. The molecule has 0 radical (unpaired) electrons. The quantitative estimate of drug-likeness (QED) is 0.821. The number of pyridine rings is 1. The number of anilines is 1. The Hall–Kier alpha value is -3.05. The number of ether oxygens (including phenoxy) is 1. The summed E-state index contributed by atoms with van der Waals surface area (Å²) in [4.78, 5) is 18.8. The molecule has 1 aromatic heterocycles. The molecule has 1 N–H and O–H groups in total. The molecule has 1 saturated heterocycles. The summed E-state index contributed by atoms with van der Waals surface area (Å²) < 4.78 is 43.5. The number of hydrogen-bond donors (Lipinski definition) is 1. The predicted molar refractivity (Wildman–Crippen MR) is 97.9 cm³/mol. The second-order valence-corrected chi connectivity index (χ2v) is 6.04. The van der Waals surface area contributed by atoms with E-state index in [1.54, 1.807) is 18.3 Å². The molecule has 3 rings (SSSR count). The van der Waals surface area contributed by atoms with Crippen LogP contribution in [0.15, 0.2) is 42.6 Å². The Morgan fingerprint density at radius 1 is 1.21 bits per heavy atom. The summed E-state index contributed by atoms with van der Waals surface area (Å²) in [5, 5.41) is 2.66. The monoisotopic (exact) mass is 389 g/mol. The Bertz CT molecular complexity index is 897. The van der Waals surface area contributed by atoms with Crippen molar-refractivity contribution in [2.75, 3.05) is 37.7 Å². The fraction of sp³-hybridized carbons (Fsp3) is 0.300. The van der Waals surface area contributed by atoms with E-state index in [9.17, 15) is 18.0 Å². The van der Waals surface area contributed by atoms with Gasteiger partial charge in [-0.25, -0.2) is 4.98 Å². The first kappa shape index (κ1) is 19.7. The van der Waals surface area contributed by atoms with Crippen molar-refractivity contribution in [3.8, 4) is 11.8 Å². The van der Waals surface area contributed by atoms with Gasteiger partial charge in [0.2, 0.25) is 0 Å². The van der Waals surface area contributed by atoms with Crippen LogP contribution in [0.3, 0.4) is 0 Å². The van der Waals surface area contributed by atoms with Crippen LogP contribution < -0.4 is 10.2 Å². The molecule has 28 heavy (non-hydrogen) atoms. The van der Waals surface area contributed by atoms with E-state index in [4.69, 9.17) is 4.74 Å². The van der Waals surface area contributed by atoms with E-state index in [2.05, 4.69) is 22.1 Å². The molecule has 146 valence electrons. The molecule has 1 aliphatic heterocycles. The van der Waals surface area contributed by atoms with Crippen LogP contribution in [0, 0.1) is 11.8 Å². The van der Waals surface area contributed by atoms with Crippen LogP contribution in [-0.4, -0.2) is 43.7 Å². The van der Waals surface area contributed by atoms with Crippen molar-refractivity contribution in [2.24, 2.45) is 0 Å². The Morgan fingerprint density at radius 3 is 2.75 bits per heavy atom. The largest absolute Gasteiger partial charge is 0.416 e. The van der Waals surface area contributed by atoms with Crippen molar-refractivity contribution in [1.29, 1.82) is 0 Å². The number of rotatable bonds is 3. The molecule has 1 amide bonds. The maximum absolute atomic E-state index is 12.7. The van der Waals surface area contributed by atoms with Gasteiger partial charge in [0, 0.05) is 24.8 Å². The van der Waals surface area contributed by atoms with E-state index in [-0.39, 0.29) is 18.0 Å². The summed E-state index contributed by atoms with van der Waals surface area (Å²) in [6.45, 7) is 2.44. The third-order valence-electron chi connectivity index (χ3n) is 4.10. The molecule has 0 aliphatic carbocycles. The lowest BCUT2D eigenvalue weighted by molar-refractivity contribution is -0.137. The van der Waals surface area contributed by atoms with Crippen LogP contribution in [0.4, 0.5) is 19.0 Å². The molecular weight excluding hydrogens is 371 g/mol. The zero-order valence-electron chi connectivity index (χ0n) is 14.9. The van der Waals surface area contributed by atoms with E-state index in [0.29, 0.717) is 37.7 Å². The lowest BCUT2D eigenvalue weighted by atomic mass is 10.1. The lowest BCUT2D eigenvalue weighted by Crippen LogP contribution is -2.38. The second-order valence-electron chi connectivity index (χ2n) is 6.04. The number of morpholine rings is 1. The van der Waals surface area contributed by atoms with Crippen molar-refractivity contribution >= 4 is 11.7 Å². The number of hydrogen-bond acceptors (Lipinski definition) is 4. The number of carbonyl (C=O) groups excluding carboxylic acids is 1. The highest BCUT2D eigenvalue weighted by molar-refractivity contribution is 5.99. The van der Waals surface area contributed by atoms with Gasteiger partial charge in [-0.3, -0.25) is 4.79 Å². The van der Waals surface area contributed by atoms with Crippen molar-refractivity contribution < 1.29 is 22.7 Å². The summed E-state index contributed by atoms with van der Waals surface area (Å²) >= 11 is 0. The van der Waals surface area contributed by atoms with Crippen molar-refractivity contribution in [2.45, 2.75) is 6.18 Å². The summed E-state index contributed by atoms with van der Waals surface area (Å²) in [6, 6.07) is 8.10. The topological polar surface area (TPSA) is 54.5 Å².